The number of carboxylic acid groups (broad SMARTS) is 1. The molecule has 0 unspecified atom stereocenters. The topological polar surface area (TPSA) is 66.4 Å². The summed E-state index contributed by atoms with van der Waals surface area (Å²) in [5.74, 6) is -3.29. The summed E-state index contributed by atoms with van der Waals surface area (Å²) in [6, 6.07) is 9.97. The number of carbonyl (C=O) groups is 2. The van der Waals surface area contributed by atoms with E-state index in [0.29, 0.717) is 10.4 Å². The predicted molar refractivity (Wildman–Crippen MR) is 103 cm³/mol. The van der Waals surface area contributed by atoms with Gasteiger partial charge in [-0.2, -0.15) is 13.2 Å². The maximum absolute atomic E-state index is 13.6. The van der Waals surface area contributed by atoms with Gasteiger partial charge < -0.3 is 10.4 Å². The first-order valence-corrected chi connectivity index (χ1v) is 9.60. The van der Waals surface area contributed by atoms with Gasteiger partial charge in [-0.3, -0.25) is 4.79 Å². The first-order chi connectivity index (χ1) is 14.2. The Hall–Kier alpha value is -3.20. The third kappa shape index (κ3) is 3.45. The highest BCUT2D eigenvalue weighted by Crippen LogP contribution is 2.51. The van der Waals surface area contributed by atoms with E-state index in [1.165, 1.54) is 30.3 Å². The first kappa shape index (κ1) is 20.1. The molecule has 0 bridgehead atoms. The summed E-state index contributed by atoms with van der Waals surface area (Å²) in [6.07, 6.45) is -4.88. The number of anilines is 1. The summed E-state index contributed by atoms with van der Waals surface area (Å²) in [7, 11) is 0. The molecule has 0 saturated carbocycles. The Morgan fingerprint density at radius 3 is 2.40 bits per heavy atom. The Bertz CT molecular complexity index is 1150. The second-order valence-corrected chi connectivity index (χ2v) is 7.80. The lowest BCUT2D eigenvalue weighted by Crippen LogP contribution is -2.24. The largest absolute Gasteiger partial charge is 0.477 e. The number of benzene rings is 2. The van der Waals surface area contributed by atoms with Gasteiger partial charge in [0.05, 0.1) is 11.3 Å². The monoisotopic (exact) mass is 435 g/mol. The zero-order valence-electron chi connectivity index (χ0n) is 15.1. The fraction of sp³-hybridized carbons (Fsp3) is 0.143. The lowest BCUT2D eigenvalue weighted by atomic mass is 9.86. The van der Waals surface area contributed by atoms with Crippen LogP contribution in [0.25, 0.3) is 11.1 Å². The molecule has 1 amide bonds. The van der Waals surface area contributed by atoms with Crippen LogP contribution < -0.4 is 5.32 Å². The highest BCUT2D eigenvalue weighted by molar-refractivity contribution is 7.15. The molecule has 1 aliphatic heterocycles. The number of fused-ring (bicyclic) bond motifs is 1. The summed E-state index contributed by atoms with van der Waals surface area (Å²) in [5.41, 5.74) is -0.308. The molecule has 1 atom stereocenters. The fourth-order valence-corrected chi connectivity index (χ4v) is 4.88. The van der Waals surface area contributed by atoms with Crippen molar-refractivity contribution in [3.8, 4) is 11.1 Å². The van der Waals surface area contributed by atoms with Crippen LogP contribution >= 0.6 is 11.3 Å². The van der Waals surface area contributed by atoms with Gasteiger partial charge in [-0.1, -0.05) is 30.3 Å². The molecule has 2 N–H and O–H groups in total. The maximum atomic E-state index is 13.6. The van der Waals surface area contributed by atoms with Gasteiger partial charge in [0.15, 0.2) is 0 Å². The van der Waals surface area contributed by atoms with Crippen LogP contribution in [-0.4, -0.2) is 17.0 Å². The number of nitrogens with one attached hydrogen (secondary N) is 1. The minimum absolute atomic E-state index is 0.0926. The molecule has 154 valence electrons. The van der Waals surface area contributed by atoms with E-state index in [2.05, 4.69) is 5.32 Å². The maximum Gasteiger partial charge on any atom is 0.416 e. The molecule has 1 aliphatic rings. The summed E-state index contributed by atoms with van der Waals surface area (Å²) >= 11 is 0.818. The third-order valence-electron chi connectivity index (χ3n) is 4.87. The highest BCUT2D eigenvalue weighted by atomic mass is 32.1. The molecule has 30 heavy (non-hydrogen) atoms. The van der Waals surface area contributed by atoms with Gasteiger partial charge in [-0.25, -0.2) is 9.18 Å². The van der Waals surface area contributed by atoms with Gasteiger partial charge in [0.25, 0.3) is 0 Å². The molecule has 9 heteroatoms. The predicted octanol–water partition coefficient (Wildman–Crippen LogP) is 5.75. The molecule has 4 rings (SSSR count). The lowest BCUT2D eigenvalue weighted by molar-refractivity contribution is -0.138. The number of halogens is 4. The van der Waals surface area contributed by atoms with E-state index in [9.17, 15) is 32.3 Å². The Labute approximate surface area is 171 Å². The van der Waals surface area contributed by atoms with Crippen LogP contribution in [0.2, 0.25) is 0 Å². The van der Waals surface area contributed by atoms with Gasteiger partial charge in [-0.15, -0.1) is 11.3 Å². The Morgan fingerprint density at radius 2 is 1.77 bits per heavy atom. The number of aromatic carboxylic acids is 1. The van der Waals surface area contributed by atoms with Crippen LogP contribution in [0, 0.1) is 5.82 Å². The molecular weight excluding hydrogens is 422 g/mol. The van der Waals surface area contributed by atoms with E-state index in [0.717, 1.165) is 29.5 Å². The molecule has 0 fully saturated rings. The van der Waals surface area contributed by atoms with E-state index in [1.54, 1.807) is 0 Å². The van der Waals surface area contributed by atoms with E-state index < -0.39 is 35.4 Å². The van der Waals surface area contributed by atoms with Crippen LogP contribution in [0.15, 0.2) is 48.5 Å². The van der Waals surface area contributed by atoms with Crippen molar-refractivity contribution in [2.24, 2.45) is 0 Å². The number of alkyl halides is 3. The van der Waals surface area contributed by atoms with Gasteiger partial charge in [0.2, 0.25) is 5.91 Å². The average Bonchev–Trinajstić information content (AvgIpc) is 3.07. The fourth-order valence-electron chi connectivity index (χ4n) is 3.64. The van der Waals surface area contributed by atoms with Gasteiger partial charge in [-0.05, 0) is 29.3 Å². The first-order valence-electron chi connectivity index (χ1n) is 8.78. The van der Waals surface area contributed by atoms with Crippen molar-refractivity contribution in [1.82, 2.24) is 0 Å². The van der Waals surface area contributed by atoms with Crippen LogP contribution in [0.4, 0.5) is 23.2 Å². The summed E-state index contributed by atoms with van der Waals surface area (Å²) in [4.78, 5) is 24.5. The van der Waals surface area contributed by atoms with Crippen LogP contribution in [-0.2, 0) is 11.0 Å². The van der Waals surface area contributed by atoms with Crippen molar-refractivity contribution in [2.45, 2.75) is 18.5 Å². The highest BCUT2D eigenvalue weighted by Gasteiger charge is 2.40. The van der Waals surface area contributed by atoms with Crippen molar-refractivity contribution < 1.29 is 32.3 Å². The van der Waals surface area contributed by atoms with E-state index in [-0.39, 0.29) is 28.1 Å². The standard InChI is InChI=1S/C21H13F4NO3S/c22-11-7-5-10(6-8-11)16-17-18(30-19(16)20(28)29)13(9-15(27)26-17)12-3-1-2-4-14(12)21(23,24)25/h1-8,13H,9H2,(H,26,27)(H,28,29)/t13-/m0/s1. The molecule has 0 aliphatic carbocycles. The van der Waals surface area contributed by atoms with E-state index >= 15 is 0 Å². The third-order valence-corrected chi connectivity index (χ3v) is 6.17. The number of rotatable bonds is 3. The van der Waals surface area contributed by atoms with Gasteiger partial charge in [0, 0.05) is 22.8 Å². The molecule has 0 spiro atoms. The van der Waals surface area contributed by atoms with Crippen molar-refractivity contribution in [1.29, 1.82) is 0 Å². The Balaban J connectivity index is 1.96. The number of hydrogen-bond acceptors (Lipinski definition) is 3. The van der Waals surface area contributed by atoms with Crippen molar-refractivity contribution in [3.05, 3.63) is 75.2 Å². The molecule has 2 heterocycles. The summed E-state index contributed by atoms with van der Waals surface area (Å²) in [6.45, 7) is 0. The van der Waals surface area contributed by atoms with Gasteiger partial charge in [0.1, 0.15) is 10.7 Å². The van der Waals surface area contributed by atoms with Crippen molar-refractivity contribution in [2.75, 3.05) is 5.32 Å². The smallest absolute Gasteiger partial charge is 0.416 e. The second-order valence-electron chi connectivity index (χ2n) is 6.75. The molecule has 0 saturated heterocycles. The Morgan fingerprint density at radius 1 is 1.10 bits per heavy atom. The number of thiophene rings is 1. The summed E-state index contributed by atoms with van der Waals surface area (Å²) in [5, 5.41) is 12.3. The summed E-state index contributed by atoms with van der Waals surface area (Å²) < 4.78 is 54.0. The molecule has 0 radical (unpaired) electrons. The molecule has 3 aromatic rings. The number of hydrogen-bond donors (Lipinski definition) is 2. The van der Waals surface area contributed by atoms with Crippen molar-refractivity contribution >= 4 is 28.9 Å². The van der Waals surface area contributed by atoms with Crippen LogP contribution in [0.1, 0.15) is 38.0 Å². The average molecular weight is 435 g/mol. The lowest BCUT2D eigenvalue weighted by Gasteiger charge is -2.26. The second kappa shape index (κ2) is 7.24. The minimum atomic E-state index is -4.63. The zero-order chi connectivity index (χ0) is 21.6. The van der Waals surface area contributed by atoms with Crippen molar-refractivity contribution in [3.63, 3.8) is 0 Å². The number of amides is 1. The Kier molecular flexibility index (Phi) is 4.85. The number of carboxylic acids is 1. The van der Waals surface area contributed by atoms with E-state index in [4.69, 9.17) is 0 Å². The van der Waals surface area contributed by atoms with E-state index in [1.807, 2.05) is 0 Å². The number of carbonyl (C=O) groups excluding carboxylic acids is 1. The SMILES string of the molecule is O=C1C[C@@H](c2ccccc2C(F)(F)F)c2sc(C(=O)O)c(-c3ccc(F)cc3)c2N1. The van der Waals surface area contributed by atoms with Crippen LogP contribution in [0.5, 0.6) is 0 Å². The quantitative estimate of drug-likeness (QED) is 0.515. The molecule has 4 nitrogen and oxygen atoms in total. The van der Waals surface area contributed by atoms with Crippen LogP contribution in [0.3, 0.4) is 0 Å². The molecule has 1 aromatic heterocycles. The molecule has 2 aromatic carbocycles. The zero-order valence-corrected chi connectivity index (χ0v) is 15.9. The molecular formula is C21H13F4NO3S. The normalized spacial score (nSPS) is 16.1. The van der Waals surface area contributed by atoms with Gasteiger partial charge >= 0.3 is 12.1 Å². The minimum Gasteiger partial charge on any atom is -0.477 e.